The summed E-state index contributed by atoms with van der Waals surface area (Å²) in [7, 11) is 1.45. The van der Waals surface area contributed by atoms with Gasteiger partial charge >= 0.3 is 5.69 Å². The lowest BCUT2D eigenvalue weighted by Gasteiger charge is -2.10. The van der Waals surface area contributed by atoms with Gasteiger partial charge < -0.3 is 5.73 Å². The highest BCUT2D eigenvalue weighted by atomic mass is 16.2. The number of aryl methyl sites for hydroxylation is 1. The number of anilines is 1. The molecule has 94 valence electrons. The van der Waals surface area contributed by atoms with Gasteiger partial charge in [-0.2, -0.15) is 0 Å². The van der Waals surface area contributed by atoms with Crippen LogP contribution in [0.15, 0.2) is 46.0 Å². The Labute approximate surface area is 104 Å². The van der Waals surface area contributed by atoms with Gasteiger partial charge in [-0.05, 0) is 12.0 Å². The molecule has 1 aromatic heterocycles. The van der Waals surface area contributed by atoms with Crippen LogP contribution in [-0.2, 0) is 20.0 Å². The zero-order chi connectivity index (χ0) is 13.1. The quantitative estimate of drug-likeness (QED) is 0.849. The number of aromatic nitrogens is 2. The van der Waals surface area contributed by atoms with Gasteiger partial charge in [-0.3, -0.25) is 13.9 Å². The molecule has 1 aromatic carbocycles. The highest BCUT2D eigenvalue weighted by Crippen LogP contribution is 2.02. The second-order valence-corrected chi connectivity index (χ2v) is 4.14. The zero-order valence-corrected chi connectivity index (χ0v) is 10.2. The molecule has 18 heavy (non-hydrogen) atoms. The molecule has 5 heteroatoms. The predicted octanol–water partition coefficient (Wildman–Crippen LogP) is 0.372. The van der Waals surface area contributed by atoms with Crippen molar-refractivity contribution in [2.24, 2.45) is 7.05 Å². The Hall–Kier alpha value is -2.30. The Bertz CT molecular complexity index is 656. The van der Waals surface area contributed by atoms with Gasteiger partial charge in [0.05, 0.1) is 0 Å². The smallest absolute Gasteiger partial charge is 0.332 e. The van der Waals surface area contributed by atoms with E-state index in [0.29, 0.717) is 13.0 Å². The fraction of sp³-hybridized carbons (Fsp3) is 0.231. The van der Waals surface area contributed by atoms with Crippen molar-refractivity contribution < 1.29 is 0 Å². The summed E-state index contributed by atoms with van der Waals surface area (Å²) in [4.78, 5) is 23.2. The second-order valence-electron chi connectivity index (χ2n) is 4.14. The van der Waals surface area contributed by atoms with Gasteiger partial charge in [-0.1, -0.05) is 30.3 Å². The molecule has 0 fully saturated rings. The van der Waals surface area contributed by atoms with Gasteiger partial charge in [0.1, 0.15) is 5.82 Å². The Balaban J connectivity index is 2.28. The van der Waals surface area contributed by atoms with Crippen molar-refractivity contribution >= 4 is 5.82 Å². The van der Waals surface area contributed by atoms with E-state index in [1.807, 2.05) is 30.3 Å². The maximum atomic E-state index is 11.9. The molecule has 0 atom stereocenters. The maximum Gasteiger partial charge on any atom is 0.332 e. The number of nitrogens with zero attached hydrogens (tertiary/aromatic N) is 2. The van der Waals surface area contributed by atoms with E-state index < -0.39 is 0 Å². The highest BCUT2D eigenvalue weighted by Gasteiger charge is 2.06. The first kappa shape index (κ1) is 12.2. The van der Waals surface area contributed by atoms with Gasteiger partial charge in [0.15, 0.2) is 0 Å². The van der Waals surface area contributed by atoms with Crippen molar-refractivity contribution in [2.75, 3.05) is 5.73 Å². The van der Waals surface area contributed by atoms with Gasteiger partial charge in [-0.25, -0.2) is 4.79 Å². The average Bonchev–Trinajstić information content (AvgIpc) is 2.37. The van der Waals surface area contributed by atoms with E-state index in [1.54, 1.807) is 0 Å². The Morgan fingerprint density at radius 3 is 2.50 bits per heavy atom. The summed E-state index contributed by atoms with van der Waals surface area (Å²) in [6, 6.07) is 11.1. The lowest BCUT2D eigenvalue weighted by molar-refractivity contribution is 0.608. The molecule has 0 spiro atoms. The van der Waals surface area contributed by atoms with E-state index >= 15 is 0 Å². The van der Waals surface area contributed by atoms with Gasteiger partial charge in [0.2, 0.25) is 0 Å². The minimum absolute atomic E-state index is 0.207. The van der Waals surface area contributed by atoms with Crippen LogP contribution in [0.3, 0.4) is 0 Å². The van der Waals surface area contributed by atoms with Crippen molar-refractivity contribution in [2.45, 2.75) is 13.0 Å². The van der Waals surface area contributed by atoms with Crippen LogP contribution < -0.4 is 17.0 Å². The Kier molecular flexibility index (Phi) is 3.32. The predicted molar refractivity (Wildman–Crippen MR) is 70.5 cm³/mol. The number of nitrogen functional groups attached to an aromatic ring is 1. The molecule has 0 bridgehead atoms. The molecule has 1 heterocycles. The van der Waals surface area contributed by atoms with Crippen molar-refractivity contribution in [1.82, 2.24) is 9.13 Å². The third kappa shape index (κ3) is 2.34. The summed E-state index contributed by atoms with van der Waals surface area (Å²) in [5.74, 6) is 0.207. The monoisotopic (exact) mass is 245 g/mol. The van der Waals surface area contributed by atoms with E-state index in [9.17, 15) is 9.59 Å². The molecule has 2 aromatic rings. The van der Waals surface area contributed by atoms with Gasteiger partial charge in [0, 0.05) is 19.7 Å². The minimum atomic E-state index is -0.381. The summed E-state index contributed by atoms with van der Waals surface area (Å²) in [6.07, 6.45) is 0.698. The van der Waals surface area contributed by atoms with Gasteiger partial charge in [0.25, 0.3) is 5.56 Å². The van der Waals surface area contributed by atoms with Gasteiger partial charge in [-0.15, -0.1) is 0 Å². The molecular weight excluding hydrogens is 230 g/mol. The number of hydrogen-bond acceptors (Lipinski definition) is 3. The van der Waals surface area contributed by atoms with Crippen LogP contribution in [-0.4, -0.2) is 9.13 Å². The molecule has 0 aliphatic heterocycles. The number of nitrogens with two attached hydrogens (primary N) is 1. The zero-order valence-electron chi connectivity index (χ0n) is 10.2. The molecule has 5 nitrogen and oxygen atoms in total. The molecular formula is C13H15N3O2. The molecule has 0 aliphatic carbocycles. The molecule has 2 rings (SSSR count). The normalized spacial score (nSPS) is 10.5. The van der Waals surface area contributed by atoms with Crippen molar-refractivity contribution in [3.8, 4) is 0 Å². The fourth-order valence-electron chi connectivity index (χ4n) is 1.80. The first-order chi connectivity index (χ1) is 8.59. The standard InChI is InChI=1S/C13H15N3O2/c1-15-12(17)9-11(14)16(13(15)18)8-7-10-5-3-2-4-6-10/h2-6,9H,7-8,14H2,1H3. The van der Waals surface area contributed by atoms with E-state index in [1.165, 1.54) is 17.7 Å². The number of rotatable bonds is 3. The third-order valence-electron chi connectivity index (χ3n) is 2.90. The molecule has 0 saturated heterocycles. The maximum absolute atomic E-state index is 11.9. The van der Waals surface area contributed by atoms with Crippen LogP contribution in [0, 0.1) is 0 Å². The van der Waals surface area contributed by atoms with Crippen LogP contribution in [0.2, 0.25) is 0 Å². The minimum Gasteiger partial charge on any atom is -0.385 e. The van der Waals surface area contributed by atoms with Crippen LogP contribution >= 0.6 is 0 Å². The molecule has 0 saturated carbocycles. The SMILES string of the molecule is Cn1c(=O)cc(N)n(CCc2ccccc2)c1=O. The van der Waals surface area contributed by atoms with Crippen LogP contribution in [0.25, 0.3) is 0 Å². The Morgan fingerprint density at radius 1 is 1.17 bits per heavy atom. The van der Waals surface area contributed by atoms with Crippen molar-refractivity contribution in [3.63, 3.8) is 0 Å². The summed E-state index contributed by atoms with van der Waals surface area (Å²) < 4.78 is 2.47. The summed E-state index contributed by atoms with van der Waals surface area (Å²) >= 11 is 0. The molecule has 2 N–H and O–H groups in total. The van der Waals surface area contributed by atoms with Crippen LogP contribution in [0.4, 0.5) is 5.82 Å². The third-order valence-corrected chi connectivity index (χ3v) is 2.90. The first-order valence-corrected chi connectivity index (χ1v) is 5.70. The number of hydrogen-bond donors (Lipinski definition) is 1. The Morgan fingerprint density at radius 2 is 1.83 bits per heavy atom. The van der Waals surface area contributed by atoms with E-state index in [0.717, 1.165) is 10.1 Å². The molecule has 0 radical (unpaired) electrons. The summed E-state index contributed by atoms with van der Waals surface area (Å²) in [5.41, 5.74) is 6.07. The van der Waals surface area contributed by atoms with E-state index in [-0.39, 0.29) is 17.1 Å². The fourth-order valence-corrected chi connectivity index (χ4v) is 1.80. The molecule has 0 unspecified atom stereocenters. The van der Waals surface area contributed by atoms with Crippen LogP contribution in [0.1, 0.15) is 5.56 Å². The highest BCUT2D eigenvalue weighted by molar-refractivity contribution is 5.27. The van der Waals surface area contributed by atoms with Crippen molar-refractivity contribution in [1.29, 1.82) is 0 Å². The first-order valence-electron chi connectivity index (χ1n) is 5.70. The second kappa shape index (κ2) is 4.91. The lowest BCUT2D eigenvalue weighted by Crippen LogP contribution is -2.39. The molecule has 0 aliphatic rings. The lowest BCUT2D eigenvalue weighted by atomic mass is 10.1. The van der Waals surface area contributed by atoms with Crippen LogP contribution in [0.5, 0.6) is 0 Å². The summed E-state index contributed by atoms with van der Waals surface area (Å²) in [6.45, 7) is 0.461. The molecule has 0 amide bonds. The largest absolute Gasteiger partial charge is 0.385 e. The topological polar surface area (TPSA) is 70.0 Å². The van der Waals surface area contributed by atoms with Crippen molar-refractivity contribution in [3.05, 3.63) is 62.8 Å². The van der Waals surface area contributed by atoms with E-state index in [2.05, 4.69) is 0 Å². The average molecular weight is 245 g/mol. The van der Waals surface area contributed by atoms with E-state index in [4.69, 9.17) is 5.73 Å². The number of benzene rings is 1. The summed E-state index contributed by atoms with van der Waals surface area (Å²) in [5, 5.41) is 0.